The quantitative estimate of drug-likeness (QED) is 0.944. The number of rotatable bonds is 3. The van der Waals surface area contributed by atoms with Crippen LogP contribution >= 0.6 is 0 Å². The first kappa shape index (κ1) is 14.3. The standard InChI is InChI=1S/C18H20N2O3/c1-12-8-9-16(23-12)17-19-15-7-3-2-6-14(15)18(21)20(17)11-13-5-4-10-22-13/h2-3,6-9,13,17,19H,4-5,10-11H2,1H3/t13-,17-/m0/s1. The number of anilines is 1. The average molecular weight is 312 g/mol. The van der Waals surface area contributed by atoms with Gasteiger partial charge in [0.2, 0.25) is 0 Å². The highest BCUT2D eigenvalue weighted by Gasteiger charge is 2.36. The van der Waals surface area contributed by atoms with E-state index in [1.54, 1.807) is 0 Å². The van der Waals surface area contributed by atoms with Crippen molar-refractivity contribution < 1.29 is 13.9 Å². The molecule has 2 aliphatic rings. The molecule has 1 aromatic carbocycles. The molecule has 0 spiro atoms. The van der Waals surface area contributed by atoms with Gasteiger partial charge in [-0.15, -0.1) is 0 Å². The number of hydrogen-bond donors (Lipinski definition) is 1. The Morgan fingerprint density at radius 1 is 1.26 bits per heavy atom. The minimum absolute atomic E-state index is 0.0221. The fourth-order valence-corrected chi connectivity index (χ4v) is 3.31. The maximum absolute atomic E-state index is 13.0. The van der Waals surface area contributed by atoms with Crippen molar-refractivity contribution in [3.05, 3.63) is 53.5 Å². The number of carbonyl (C=O) groups is 1. The number of amides is 1. The summed E-state index contributed by atoms with van der Waals surface area (Å²) in [6.45, 7) is 3.26. The Hall–Kier alpha value is -2.27. The molecule has 23 heavy (non-hydrogen) atoms. The molecule has 0 unspecified atom stereocenters. The van der Waals surface area contributed by atoms with Crippen molar-refractivity contribution in [2.75, 3.05) is 18.5 Å². The summed E-state index contributed by atoms with van der Waals surface area (Å²) in [5.74, 6) is 1.61. The minimum Gasteiger partial charge on any atom is -0.462 e. The Balaban J connectivity index is 1.70. The topological polar surface area (TPSA) is 54.7 Å². The van der Waals surface area contributed by atoms with E-state index in [4.69, 9.17) is 9.15 Å². The molecule has 1 saturated heterocycles. The van der Waals surface area contributed by atoms with Gasteiger partial charge in [-0.3, -0.25) is 4.79 Å². The zero-order chi connectivity index (χ0) is 15.8. The van der Waals surface area contributed by atoms with E-state index in [9.17, 15) is 4.79 Å². The summed E-state index contributed by atoms with van der Waals surface area (Å²) < 4.78 is 11.5. The Bertz CT molecular complexity index is 719. The van der Waals surface area contributed by atoms with Gasteiger partial charge in [-0.25, -0.2) is 0 Å². The highest BCUT2D eigenvalue weighted by molar-refractivity contribution is 6.01. The first-order valence-corrected chi connectivity index (χ1v) is 8.07. The lowest BCUT2D eigenvalue weighted by Gasteiger charge is -2.37. The van der Waals surface area contributed by atoms with E-state index in [1.165, 1.54) is 0 Å². The molecule has 5 heteroatoms. The summed E-state index contributed by atoms with van der Waals surface area (Å²) >= 11 is 0. The normalized spacial score (nSPS) is 23.7. The predicted molar refractivity (Wildman–Crippen MR) is 86.3 cm³/mol. The molecule has 4 rings (SSSR count). The fourth-order valence-electron chi connectivity index (χ4n) is 3.31. The summed E-state index contributed by atoms with van der Waals surface area (Å²) in [4.78, 5) is 14.8. The van der Waals surface area contributed by atoms with E-state index in [1.807, 2.05) is 48.2 Å². The summed E-state index contributed by atoms with van der Waals surface area (Å²) in [6, 6.07) is 11.5. The number of benzene rings is 1. The van der Waals surface area contributed by atoms with Crippen molar-refractivity contribution in [1.29, 1.82) is 0 Å². The highest BCUT2D eigenvalue weighted by Crippen LogP contribution is 2.34. The van der Waals surface area contributed by atoms with E-state index in [0.29, 0.717) is 12.1 Å². The first-order valence-electron chi connectivity index (χ1n) is 8.07. The number of nitrogens with zero attached hydrogens (tertiary/aromatic N) is 1. The number of ether oxygens (including phenoxy) is 1. The summed E-state index contributed by atoms with van der Waals surface area (Å²) in [7, 11) is 0. The van der Waals surface area contributed by atoms with E-state index in [2.05, 4.69) is 5.32 Å². The molecule has 1 aromatic heterocycles. The van der Waals surface area contributed by atoms with Crippen LogP contribution in [-0.2, 0) is 4.74 Å². The number of para-hydroxylation sites is 1. The molecule has 2 atom stereocenters. The number of nitrogens with one attached hydrogen (secondary N) is 1. The molecule has 0 aliphatic carbocycles. The highest BCUT2D eigenvalue weighted by atomic mass is 16.5. The van der Waals surface area contributed by atoms with Gasteiger partial charge >= 0.3 is 0 Å². The van der Waals surface area contributed by atoms with Gasteiger partial charge in [0.15, 0.2) is 6.17 Å². The summed E-state index contributed by atoms with van der Waals surface area (Å²) in [5, 5.41) is 3.44. The van der Waals surface area contributed by atoms with Crippen molar-refractivity contribution in [2.24, 2.45) is 0 Å². The lowest BCUT2D eigenvalue weighted by Crippen LogP contribution is -2.46. The molecule has 1 amide bonds. The van der Waals surface area contributed by atoms with E-state index >= 15 is 0 Å². The van der Waals surface area contributed by atoms with Crippen molar-refractivity contribution in [3.8, 4) is 0 Å². The molecule has 0 bridgehead atoms. The summed E-state index contributed by atoms with van der Waals surface area (Å²) in [6.07, 6.45) is 1.86. The van der Waals surface area contributed by atoms with Crippen LogP contribution in [0.2, 0.25) is 0 Å². The maximum atomic E-state index is 13.0. The van der Waals surface area contributed by atoms with Crippen molar-refractivity contribution >= 4 is 11.6 Å². The smallest absolute Gasteiger partial charge is 0.258 e. The Morgan fingerprint density at radius 2 is 2.13 bits per heavy atom. The molecule has 2 aliphatic heterocycles. The van der Waals surface area contributed by atoms with E-state index in [-0.39, 0.29) is 18.2 Å². The largest absolute Gasteiger partial charge is 0.462 e. The number of aryl methyl sites for hydroxylation is 1. The second-order valence-corrected chi connectivity index (χ2v) is 6.13. The Kier molecular flexibility index (Phi) is 3.58. The van der Waals surface area contributed by atoms with Gasteiger partial charge in [0.05, 0.1) is 11.7 Å². The second-order valence-electron chi connectivity index (χ2n) is 6.13. The molecular weight excluding hydrogens is 292 g/mol. The molecule has 0 radical (unpaired) electrons. The van der Waals surface area contributed by atoms with Crippen LogP contribution in [0, 0.1) is 6.92 Å². The van der Waals surface area contributed by atoms with E-state index < -0.39 is 0 Å². The molecule has 3 heterocycles. The predicted octanol–water partition coefficient (Wildman–Crippen LogP) is 3.33. The number of furan rings is 1. The van der Waals surface area contributed by atoms with Crippen LogP contribution in [-0.4, -0.2) is 30.1 Å². The van der Waals surface area contributed by atoms with Crippen LogP contribution in [0.25, 0.3) is 0 Å². The van der Waals surface area contributed by atoms with Crippen LogP contribution in [0.3, 0.4) is 0 Å². The van der Waals surface area contributed by atoms with Crippen molar-refractivity contribution in [1.82, 2.24) is 4.90 Å². The lowest BCUT2D eigenvalue weighted by atomic mass is 10.1. The van der Waals surface area contributed by atoms with Gasteiger partial charge in [0, 0.05) is 18.8 Å². The van der Waals surface area contributed by atoms with Crippen LogP contribution in [0.5, 0.6) is 0 Å². The van der Waals surface area contributed by atoms with Gasteiger partial charge in [-0.1, -0.05) is 12.1 Å². The third kappa shape index (κ3) is 2.61. The van der Waals surface area contributed by atoms with Crippen molar-refractivity contribution in [3.63, 3.8) is 0 Å². The Morgan fingerprint density at radius 3 is 2.87 bits per heavy atom. The Labute approximate surface area is 135 Å². The van der Waals surface area contributed by atoms with Crippen LogP contribution in [0.1, 0.15) is 40.9 Å². The number of fused-ring (bicyclic) bond motifs is 1. The lowest BCUT2D eigenvalue weighted by molar-refractivity contribution is 0.0401. The van der Waals surface area contributed by atoms with Gasteiger partial charge in [-0.05, 0) is 44.0 Å². The van der Waals surface area contributed by atoms with Crippen LogP contribution in [0.15, 0.2) is 40.8 Å². The molecule has 120 valence electrons. The average Bonchev–Trinajstić information content (AvgIpc) is 3.21. The third-order valence-electron chi connectivity index (χ3n) is 4.48. The second kappa shape index (κ2) is 5.74. The summed E-state index contributed by atoms with van der Waals surface area (Å²) in [5.41, 5.74) is 1.55. The molecule has 1 fully saturated rings. The third-order valence-corrected chi connectivity index (χ3v) is 4.48. The van der Waals surface area contributed by atoms with Crippen LogP contribution in [0.4, 0.5) is 5.69 Å². The van der Waals surface area contributed by atoms with Crippen molar-refractivity contribution in [2.45, 2.75) is 32.0 Å². The van der Waals surface area contributed by atoms with Gasteiger partial charge < -0.3 is 19.4 Å². The molecule has 5 nitrogen and oxygen atoms in total. The van der Waals surface area contributed by atoms with Crippen LogP contribution < -0.4 is 5.32 Å². The minimum atomic E-state index is -0.296. The maximum Gasteiger partial charge on any atom is 0.258 e. The number of carbonyl (C=O) groups excluding carboxylic acids is 1. The number of hydrogen-bond acceptors (Lipinski definition) is 4. The molecule has 0 saturated carbocycles. The van der Waals surface area contributed by atoms with Gasteiger partial charge in [0.1, 0.15) is 11.5 Å². The SMILES string of the molecule is Cc1ccc([C@H]2Nc3ccccc3C(=O)N2C[C@@H]2CCCO2)o1. The van der Waals surface area contributed by atoms with E-state index in [0.717, 1.165) is 36.7 Å². The molecular formula is C18H20N2O3. The monoisotopic (exact) mass is 312 g/mol. The molecule has 1 N–H and O–H groups in total. The zero-order valence-corrected chi connectivity index (χ0v) is 13.1. The van der Waals surface area contributed by atoms with Gasteiger partial charge in [-0.2, -0.15) is 0 Å². The zero-order valence-electron chi connectivity index (χ0n) is 13.1. The van der Waals surface area contributed by atoms with Gasteiger partial charge in [0.25, 0.3) is 5.91 Å². The first-order chi connectivity index (χ1) is 11.2. The fraction of sp³-hybridized carbons (Fsp3) is 0.389. The molecule has 2 aromatic rings.